The van der Waals surface area contributed by atoms with Crippen molar-refractivity contribution in [1.82, 2.24) is 19.9 Å². The van der Waals surface area contributed by atoms with E-state index in [1.165, 1.54) is 0 Å². The molecule has 2 aromatic rings. The number of hydrogen-bond acceptors (Lipinski definition) is 7. The summed E-state index contributed by atoms with van der Waals surface area (Å²) in [5, 5.41) is 5.89. The Balaban J connectivity index is 2.87. The van der Waals surface area contributed by atoms with Gasteiger partial charge in [0.1, 0.15) is 11.0 Å². The molecule has 0 bridgehead atoms. The van der Waals surface area contributed by atoms with Gasteiger partial charge in [0, 0.05) is 14.1 Å². The largest absolute Gasteiger partial charge is 0.371 e. The molecule has 7 nitrogen and oxygen atoms in total. The van der Waals surface area contributed by atoms with Gasteiger partial charge in [-0.1, -0.05) is 0 Å². The van der Waals surface area contributed by atoms with E-state index in [1.807, 2.05) is 0 Å². The van der Waals surface area contributed by atoms with E-state index in [4.69, 9.17) is 17.3 Å². The second-order valence-electron chi connectivity index (χ2n) is 2.97. The van der Waals surface area contributed by atoms with E-state index in [1.54, 1.807) is 14.1 Å². The van der Waals surface area contributed by atoms with Crippen LogP contribution in [0.3, 0.4) is 0 Å². The smallest absolute Gasteiger partial charge is 0.225 e. The zero-order valence-corrected chi connectivity index (χ0v) is 9.50. The molecule has 0 aliphatic heterocycles. The Morgan fingerprint density at radius 2 is 1.50 bits per heavy atom. The van der Waals surface area contributed by atoms with Gasteiger partial charge in [0.2, 0.25) is 11.2 Å². The Kier molecular flexibility index (Phi) is 2.61. The minimum absolute atomic E-state index is 0.127. The molecule has 0 unspecified atom stereocenters. The van der Waals surface area contributed by atoms with Crippen LogP contribution < -0.4 is 16.4 Å². The molecule has 8 heteroatoms. The van der Waals surface area contributed by atoms with Gasteiger partial charge >= 0.3 is 0 Å². The first-order valence-corrected chi connectivity index (χ1v) is 4.89. The number of rotatable bonds is 2. The molecule has 0 aromatic carbocycles. The molecule has 0 fully saturated rings. The highest BCUT2D eigenvalue weighted by molar-refractivity contribution is 6.29. The second-order valence-corrected chi connectivity index (χ2v) is 3.31. The normalized spacial score (nSPS) is 10.4. The summed E-state index contributed by atoms with van der Waals surface area (Å²) in [5.74, 6) is 1.18. The highest BCUT2D eigenvalue weighted by Crippen LogP contribution is 2.25. The number of hydrogen-bond donors (Lipinski definition) is 3. The predicted octanol–water partition coefficient (Wildman–Crippen LogP) is 0.739. The third kappa shape index (κ3) is 1.65. The lowest BCUT2D eigenvalue weighted by Gasteiger charge is -2.08. The fraction of sp³-hybridized carbons (Fsp3) is 0.250. The van der Waals surface area contributed by atoms with Crippen LogP contribution in [-0.2, 0) is 0 Å². The summed E-state index contributed by atoms with van der Waals surface area (Å²) < 4.78 is 0. The Labute approximate surface area is 96.5 Å². The van der Waals surface area contributed by atoms with E-state index in [0.717, 1.165) is 0 Å². The van der Waals surface area contributed by atoms with Gasteiger partial charge in [0.05, 0.1) is 0 Å². The van der Waals surface area contributed by atoms with E-state index >= 15 is 0 Å². The van der Waals surface area contributed by atoms with Gasteiger partial charge in [0.15, 0.2) is 11.6 Å². The summed E-state index contributed by atoms with van der Waals surface area (Å²) in [6, 6.07) is 0. The van der Waals surface area contributed by atoms with Crippen molar-refractivity contribution in [1.29, 1.82) is 0 Å². The number of halogens is 1. The Hall–Kier alpha value is -1.89. The molecule has 0 radical (unpaired) electrons. The van der Waals surface area contributed by atoms with Crippen LogP contribution in [-0.4, -0.2) is 34.0 Å². The standard InChI is InChI=1S/C8H10ClN7/c1-11-5-4-3(13-7(9)15-5)6(12-2)16-8(10)14-4/h1-2H3,(H,11,13,15)(H3,10,12,14,16). The van der Waals surface area contributed by atoms with Crippen molar-refractivity contribution in [3.63, 3.8) is 0 Å². The zero-order chi connectivity index (χ0) is 11.7. The molecule has 0 amide bonds. The van der Waals surface area contributed by atoms with Crippen LogP contribution in [0.1, 0.15) is 0 Å². The first kappa shape index (κ1) is 10.6. The molecule has 0 saturated carbocycles. The fourth-order valence-corrected chi connectivity index (χ4v) is 1.52. The molecule has 0 spiro atoms. The molecule has 2 aromatic heterocycles. The number of nitrogens with zero attached hydrogens (tertiary/aromatic N) is 4. The molecule has 4 N–H and O–H groups in total. The van der Waals surface area contributed by atoms with Crippen LogP contribution in [0.2, 0.25) is 5.28 Å². The van der Waals surface area contributed by atoms with Crippen LogP contribution in [0.15, 0.2) is 0 Å². The van der Waals surface area contributed by atoms with Crippen molar-refractivity contribution in [2.45, 2.75) is 0 Å². The number of nitrogens with one attached hydrogen (secondary N) is 2. The van der Waals surface area contributed by atoms with Crippen LogP contribution in [0.4, 0.5) is 17.6 Å². The lowest BCUT2D eigenvalue weighted by Crippen LogP contribution is -2.05. The fourth-order valence-electron chi connectivity index (χ4n) is 1.35. The molecule has 84 valence electrons. The second kappa shape index (κ2) is 3.93. The maximum absolute atomic E-state index is 5.79. The van der Waals surface area contributed by atoms with E-state index in [9.17, 15) is 0 Å². The van der Waals surface area contributed by atoms with Crippen LogP contribution >= 0.6 is 11.6 Å². The Morgan fingerprint density at radius 3 is 2.12 bits per heavy atom. The molecular formula is C8H10ClN7. The third-order valence-electron chi connectivity index (χ3n) is 2.01. The number of nitrogen functional groups attached to an aromatic ring is 1. The van der Waals surface area contributed by atoms with Crippen molar-refractivity contribution in [2.24, 2.45) is 0 Å². The minimum atomic E-state index is 0.127. The third-order valence-corrected chi connectivity index (χ3v) is 2.18. The lowest BCUT2D eigenvalue weighted by molar-refractivity contribution is 1.15. The van der Waals surface area contributed by atoms with Crippen molar-refractivity contribution >= 4 is 40.2 Å². The minimum Gasteiger partial charge on any atom is -0.371 e. The summed E-state index contributed by atoms with van der Waals surface area (Å²) in [4.78, 5) is 16.2. The lowest BCUT2D eigenvalue weighted by atomic mass is 10.3. The van der Waals surface area contributed by atoms with Gasteiger partial charge in [-0.05, 0) is 11.6 Å². The number of fused-ring (bicyclic) bond motifs is 1. The highest BCUT2D eigenvalue weighted by Gasteiger charge is 2.12. The summed E-state index contributed by atoms with van der Waals surface area (Å²) >= 11 is 5.79. The maximum atomic E-state index is 5.79. The Morgan fingerprint density at radius 1 is 0.938 bits per heavy atom. The van der Waals surface area contributed by atoms with Crippen LogP contribution in [0.25, 0.3) is 11.0 Å². The van der Waals surface area contributed by atoms with Crippen molar-refractivity contribution < 1.29 is 0 Å². The summed E-state index contributed by atoms with van der Waals surface area (Å²) in [6.45, 7) is 0. The Bertz CT molecular complexity index is 492. The molecule has 2 rings (SSSR count). The molecular weight excluding hydrogens is 230 g/mol. The van der Waals surface area contributed by atoms with E-state index in [2.05, 4.69) is 30.6 Å². The average Bonchev–Trinajstić information content (AvgIpc) is 2.27. The molecule has 2 heterocycles. The van der Waals surface area contributed by atoms with Gasteiger partial charge in [0.25, 0.3) is 0 Å². The van der Waals surface area contributed by atoms with E-state index < -0.39 is 0 Å². The van der Waals surface area contributed by atoms with E-state index in [0.29, 0.717) is 22.7 Å². The quantitative estimate of drug-likeness (QED) is 0.665. The number of anilines is 3. The van der Waals surface area contributed by atoms with E-state index in [-0.39, 0.29) is 11.2 Å². The van der Waals surface area contributed by atoms with Crippen molar-refractivity contribution in [3.8, 4) is 0 Å². The van der Waals surface area contributed by atoms with Gasteiger partial charge in [-0.15, -0.1) is 0 Å². The number of nitrogens with two attached hydrogens (primary N) is 1. The SMILES string of the molecule is CNc1nc(Cl)nc2c(NC)nc(N)nc12. The molecule has 0 aliphatic rings. The van der Waals surface area contributed by atoms with Gasteiger partial charge in [-0.2, -0.15) is 9.97 Å². The van der Waals surface area contributed by atoms with Gasteiger partial charge in [-0.3, -0.25) is 0 Å². The first-order valence-electron chi connectivity index (χ1n) is 4.52. The molecule has 0 saturated heterocycles. The zero-order valence-electron chi connectivity index (χ0n) is 8.74. The highest BCUT2D eigenvalue weighted by atomic mass is 35.5. The maximum Gasteiger partial charge on any atom is 0.225 e. The molecule has 0 aliphatic carbocycles. The summed E-state index contributed by atoms with van der Waals surface area (Å²) in [7, 11) is 3.44. The average molecular weight is 240 g/mol. The van der Waals surface area contributed by atoms with Crippen molar-refractivity contribution in [2.75, 3.05) is 30.5 Å². The number of aromatic nitrogens is 4. The first-order chi connectivity index (χ1) is 7.65. The molecule has 0 atom stereocenters. The van der Waals surface area contributed by atoms with Gasteiger partial charge in [-0.25, -0.2) is 9.97 Å². The monoisotopic (exact) mass is 239 g/mol. The summed E-state index contributed by atoms with van der Waals surface area (Å²) in [6.07, 6.45) is 0. The van der Waals surface area contributed by atoms with Crippen LogP contribution in [0.5, 0.6) is 0 Å². The molecule has 16 heavy (non-hydrogen) atoms. The topological polar surface area (TPSA) is 102 Å². The van der Waals surface area contributed by atoms with Crippen molar-refractivity contribution in [3.05, 3.63) is 5.28 Å². The van der Waals surface area contributed by atoms with Gasteiger partial charge < -0.3 is 16.4 Å². The predicted molar refractivity (Wildman–Crippen MR) is 63.6 cm³/mol. The summed E-state index contributed by atoms with van der Waals surface area (Å²) in [5.41, 5.74) is 6.64. The van der Waals surface area contributed by atoms with Crippen LogP contribution in [0, 0.1) is 0 Å².